The SMILES string of the molecule is C[C@H]1Cc2ccccc2N1C(=O)c1ccc2cnncc2c1. The highest BCUT2D eigenvalue weighted by atomic mass is 16.2. The number of rotatable bonds is 1. The summed E-state index contributed by atoms with van der Waals surface area (Å²) in [5, 5.41) is 9.67. The molecule has 0 fully saturated rings. The van der Waals surface area contributed by atoms with Gasteiger partial charge in [-0.15, -0.1) is 0 Å². The normalized spacial score (nSPS) is 16.8. The van der Waals surface area contributed by atoms with E-state index < -0.39 is 0 Å². The molecule has 1 aromatic heterocycles. The Balaban J connectivity index is 1.77. The van der Waals surface area contributed by atoms with E-state index in [1.807, 2.05) is 41.3 Å². The van der Waals surface area contributed by atoms with Crippen LogP contribution in [-0.4, -0.2) is 22.1 Å². The highest BCUT2D eigenvalue weighted by molar-refractivity contribution is 6.09. The van der Waals surface area contributed by atoms with Crippen LogP contribution in [0.25, 0.3) is 10.8 Å². The maximum atomic E-state index is 13.0. The van der Waals surface area contributed by atoms with E-state index in [0.29, 0.717) is 5.56 Å². The minimum atomic E-state index is 0.0381. The largest absolute Gasteiger partial charge is 0.305 e. The van der Waals surface area contributed by atoms with E-state index in [0.717, 1.165) is 22.9 Å². The van der Waals surface area contributed by atoms with Gasteiger partial charge in [-0.25, -0.2) is 0 Å². The van der Waals surface area contributed by atoms with Gasteiger partial charge in [0.25, 0.3) is 5.91 Å². The lowest BCUT2D eigenvalue weighted by atomic mass is 10.1. The molecule has 1 aliphatic rings. The number of fused-ring (bicyclic) bond motifs is 2. The van der Waals surface area contributed by atoms with Crippen molar-refractivity contribution in [3.05, 3.63) is 66.0 Å². The number of carbonyl (C=O) groups is 1. The maximum absolute atomic E-state index is 13.0. The molecule has 2 aromatic carbocycles. The first-order valence-corrected chi connectivity index (χ1v) is 7.36. The quantitative estimate of drug-likeness (QED) is 0.691. The highest BCUT2D eigenvalue weighted by Crippen LogP contribution is 2.33. The van der Waals surface area contributed by atoms with Gasteiger partial charge in [-0.3, -0.25) is 4.79 Å². The zero-order valence-electron chi connectivity index (χ0n) is 12.2. The molecule has 0 radical (unpaired) electrons. The molecule has 4 nitrogen and oxygen atoms in total. The van der Waals surface area contributed by atoms with Gasteiger partial charge in [0.15, 0.2) is 0 Å². The molecule has 0 aliphatic carbocycles. The Morgan fingerprint density at radius 3 is 2.73 bits per heavy atom. The predicted octanol–water partition coefficient (Wildman–Crippen LogP) is 3.22. The molecule has 0 unspecified atom stereocenters. The number of benzene rings is 2. The fourth-order valence-electron chi connectivity index (χ4n) is 3.14. The number of amides is 1. The van der Waals surface area contributed by atoms with Crippen molar-refractivity contribution >= 4 is 22.4 Å². The van der Waals surface area contributed by atoms with Crippen molar-refractivity contribution in [3.63, 3.8) is 0 Å². The molecule has 108 valence electrons. The van der Waals surface area contributed by atoms with Crippen molar-refractivity contribution < 1.29 is 4.79 Å². The Bertz CT molecular complexity index is 875. The van der Waals surface area contributed by atoms with Crippen LogP contribution in [0.2, 0.25) is 0 Å². The summed E-state index contributed by atoms with van der Waals surface area (Å²) in [7, 11) is 0. The lowest BCUT2D eigenvalue weighted by Gasteiger charge is -2.23. The van der Waals surface area contributed by atoms with Gasteiger partial charge in [0.1, 0.15) is 0 Å². The zero-order chi connectivity index (χ0) is 15.1. The van der Waals surface area contributed by atoms with Crippen LogP contribution < -0.4 is 4.90 Å². The van der Waals surface area contributed by atoms with Gasteiger partial charge in [-0.2, -0.15) is 10.2 Å². The van der Waals surface area contributed by atoms with Gasteiger partial charge in [0.05, 0.1) is 12.4 Å². The van der Waals surface area contributed by atoms with Crippen LogP contribution in [0.3, 0.4) is 0 Å². The van der Waals surface area contributed by atoms with E-state index in [1.165, 1.54) is 5.56 Å². The molecule has 1 atom stereocenters. The first-order chi connectivity index (χ1) is 10.7. The number of carbonyl (C=O) groups excluding carboxylic acids is 1. The molecule has 0 spiro atoms. The maximum Gasteiger partial charge on any atom is 0.258 e. The second-order valence-corrected chi connectivity index (χ2v) is 5.69. The standard InChI is InChI=1S/C18H15N3O/c1-12-8-13-4-2-3-5-17(13)21(12)18(22)14-6-7-15-10-19-20-11-16(15)9-14/h2-7,9-12H,8H2,1H3/t12-/m0/s1. The van der Waals surface area contributed by atoms with Crippen LogP contribution in [0, 0.1) is 0 Å². The molecule has 2 heterocycles. The van der Waals surface area contributed by atoms with E-state index in [9.17, 15) is 4.79 Å². The van der Waals surface area contributed by atoms with Crippen molar-refractivity contribution in [1.29, 1.82) is 0 Å². The lowest BCUT2D eigenvalue weighted by Crippen LogP contribution is -2.35. The third-order valence-corrected chi connectivity index (χ3v) is 4.22. The van der Waals surface area contributed by atoms with Gasteiger partial charge in [-0.05, 0) is 37.1 Å². The van der Waals surface area contributed by atoms with Gasteiger partial charge >= 0.3 is 0 Å². The van der Waals surface area contributed by atoms with Crippen LogP contribution in [0.4, 0.5) is 5.69 Å². The molecule has 3 aromatic rings. The molecule has 4 rings (SSSR count). The first kappa shape index (κ1) is 13.0. The molecule has 0 saturated carbocycles. The Labute approximate surface area is 128 Å². The van der Waals surface area contributed by atoms with E-state index in [-0.39, 0.29) is 11.9 Å². The van der Waals surface area contributed by atoms with Gasteiger partial charge < -0.3 is 4.90 Å². The second-order valence-electron chi connectivity index (χ2n) is 5.69. The third kappa shape index (κ3) is 1.96. The average molecular weight is 289 g/mol. The summed E-state index contributed by atoms with van der Waals surface area (Å²) in [6.45, 7) is 2.09. The van der Waals surface area contributed by atoms with Crippen molar-refractivity contribution in [2.45, 2.75) is 19.4 Å². The van der Waals surface area contributed by atoms with E-state index in [2.05, 4.69) is 23.2 Å². The summed E-state index contributed by atoms with van der Waals surface area (Å²) >= 11 is 0. The number of nitrogens with zero attached hydrogens (tertiary/aromatic N) is 3. The molecule has 0 bridgehead atoms. The monoisotopic (exact) mass is 289 g/mol. The topological polar surface area (TPSA) is 46.1 Å². The molecule has 22 heavy (non-hydrogen) atoms. The minimum Gasteiger partial charge on any atom is -0.305 e. The molecule has 1 aliphatic heterocycles. The smallest absolute Gasteiger partial charge is 0.258 e. The summed E-state index contributed by atoms with van der Waals surface area (Å²) in [4.78, 5) is 14.8. The van der Waals surface area contributed by atoms with Crippen LogP contribution in [0.15, 0.2) is 54.9 Å². The number of para-hydroxylation sites is 1. The second kappa shape index (κ2) is 4.91. The predicted molar refractivity (Wildman–Crippen MR) is 86.0 cm³/mol. The van der Waals surface area contributed by atoms with Crippen LogP contribution >= 0.6 is 0 Å². The Kier molecular flexibility index (Phi) is 2.89. The van der Waals surface area contributed by atoms with E-state index >= 15 is 0 Å². The van der Waals surface area contributed by atoms with Crippen molar-refractivity contribution in [2.24, 2.45) is 0 Å². The van der Waals surface area contributed by atoms with Crippen LogP contribution in [-0.2, 0) is 6.42 Å². The summed E-state index contributed by atoms with van der Waals surface area (Å²) in [5.41, 5.74) is 2.94. The van der Waals surface area contributed by atoms with Crippen molar-refractivity contribution in [1.82, 2.24) is 10.2 Å². The molecular weight excluding hydrogens is 274 g/mol. The number of anilines is 1. The summed E-state index contributed by atoms with van der Waals surface area (Å²) in [5.74, 6) is 0.0381. The number of hydrogen-bond acceptors (Lipinski definition) is 3. The molecule has 4 heteroatoms. The summed E-state index contributed by atoms with van der Waals surface area (Å²) in [6.07, 6.45) is 4.30. The minimum absolute atomic E-state index is 0.0381. The molecular formula is C18H15N3O. The third-order valence-electron chi connectivity index (χ3n) is 4.22. The Morgan fingerprint density at radius 1 is 1.09 bits per heavy atom. The lowest BCUT2D eigenvalue weighted by molar-refractivity contribution is 0.0981. The molecule has 1 amide bonds. The highest BCUT2D eigenvalue weighted by Gasteiger charge is 2.31. The van der Waals surface area contributed by atoms with Gasteiger partial charge in [0.2, 0.25) is 0 Å². The Hall–Kier alpha value is -2.75. The summed E-state index contributed by atoms with van der Waals surface area (Å²) < 4.78 is 0. The van der Waals surface area contributed by atoms with Gasteiger partial charge in [0, 0.05) is 28.1 Å². The number of aromatic nitrogens is 2. The summed E-state index contributed by atoms with van der Waals surface area (Å²) in [6, 6.07) is 14.0. The number of hydrogen-bond donors (Lipinski definition) is 0. The molecule has 0 N–H and O–H groups in total. The van der Waals surface area contributed by atoms with Crippen molar-refractivity contribution in [2.75, 3.05) is 4.90 Å². The molecule has 0 saturated heterocycles. The first-order valence-electron chi connectivity index (χ1n) is 7.36. The van der Waals surface area contributed by atoms with E-state index in [1.54, 1.807) is 12.4 Å². The van der Waals surface area contributed by atoms with Gasteiger partial charge in [-0.1, -0.05) is 24.3 Å². The van der Waals surface area contributed by atoms with Crippen LogP contribution in [0.1, 0.15) is 22.8 Å². The van der Waals surface area contributed by atoms with Crippen molar-refractivity contribution in [3.8, 4) is 0 Å². The Morgan fingerprint density at radius 2 is 1.86 bits per heavy atom. The van der Waals surface area contributed by atoms with Crippen LogP contribution in [0.5, 0.6) is 0 Å². The fraction of sp³-hybridized carbons (Fsp3) is 0.167. The zero-order valence-corrected chi connectivity index (χ0v) is 12.2. The van der Waals surface area contributed by atoms with E-state index in [4.69, 9.17) is 0 Å². The average Bonchev–Trinajstić information content (AvgIpc) is 2.89. The fourth-order valence-corrected chi connectivity index (χ4v) is 3.14.